The lowest BCUT2D eigenvalue weighted by atomic mass is 10.0. The fraction of sp³-hybridized carbons (Fsp3) is 0.522. The number of carbonyl (C=O) groups excluding carboxylic acids is 1. The molecule has 1 unspecified atom stereocenters. The molecule has 2 aromatic rings. The third-order valence-corrected chi connectivity index (χ3v) is 7.10. The van der Waals surface area contributed by atoms with Crippen LogP contribution in [0.3, 0.4) is 0 Å². The molecule has 6 nitrogen and oxygen atoms in total. The molecule has 0 N–H and O–H groups in total. The van der Waals surface area contributed by atoms with Gasteiger partial charge in [-0.05, 0) is 38.5 Å². The van der Waals surface area contributed by atoms with Gasteiger partial charge in [0.1, 0.15) is 5.69 Å². The molecule has 0 bridgehead atoms. The van der Waals surface area contributed by atoms with Crippen LogP contribution in [0.4, 0.5) is 17.1 Å². The van der Waals surface area contributed by atoms with Gasteiger partial charge in [-0.1, -0.05) is 38.5 Å². The van der Waals surface area contributed by atoms with E-state index >= 15 is 0 Å². The summed E-state index contributed by atoms with van der Waals surface area (Å²) < 4.78 is 1.00. The molecule has 1 fully saturated rings. The van der Waals surface area contributed by atoms with Crippen molar-refractivity contribution in [2.24, 2.45) is 0 Å². The van der Waals surface area contributed by atoms with Crippen LogP contribution in [-0.4, -0.2) is 59.2 Å². The van der Waals surface area contributed by atoms with Gasteiger partial charge in [-0.15, -0.1) is 11.3 Å². The van der Waals surface area contributed by atoms with Crippen molar-refractivity contribution < 1.29 is 9.55 Å². The molecule has 1 atom stereocenters. The number of hydrogen-bond acceptors (Lipinski definition) is 5. The highest BCUT2D eigenvalue weighted by Gasteiger charge is 2.36. The predicted molar refractivity (Wildman–Crippen MR) is 122 cm³/mol. The maximum atomic E-state index is 13.7. The number of likely N-dealkylation sites (tertiary alicyclic amines) is 1. The Morgan fingerprint density at radius 2 is 1.97 bits per heavy atom. The van der Waals surface area contributed by atoms with Gasteiger partial charge in [-0.2, -0.15) is 0 Å². The molecule has 2 aliphatic heterocycles. The first kappa shape index (κ1) is 21.2. The Morgan fingerprint density at radius 3 is 2.77 bits per heavy atom. The monoisotopic (exact) mass is 427 g/mol. The molecule has 2 aliphatic rings. The number of hydrogen-bond donors (Lipinski definition) is 0. The normalized spacial score (nSPS) is 19.5. The summed E-state index contributed by atoms with van der Waals surface area (Å²) in [6.07, 6.45) is 3.50. The molecule has 160 valence electrons. The predicted octanol–water partition coefficient (Wildman–Crippen LogP) is 4.53. The second-order valence-electron chi connectivity index (χ2n) is 8.14. The van der Waals surface area contributed by atoms with Gasteiger partial charge in [0.05, 0.1) is 17.6 Å². The van der Waals surface area contributed by atoms with Crippen LogP contribution in [0.5, 0.6) is 0 Å². The molecular formula is C23H31N4O2S+. The van der Waals surface area contributed by atoms with E-state index in [-0.39, 0.29) is 12.5 Å². The first-order valence-corrected chi connectivity index (χ1v) is 11.9. The van der Waals surface area contributed by atoms with E-state index in [2.05, 4.69) is 23.6 Å². The summed E-state index contributed by atoms with van der Waals surface area (Å²) in [5.74, 6) is 0.0452. The molecule has 0 radical (unpaired) electrons. The van der Waals surface area contributed by atoms with E-state index in [1.807, 2.05) is 35.0 Å². The van der Waals surface area contributed by atoms with Crippen molar-refractivity contribution in [2.45, 2.75) is 45.7 Å². The number of thiophene rings is 1. The van der Waals surface area contributed by atoms with Crippen LogP contribution in [0.1, 0.15) is 38.7 Å². The van der Waals surface area contributed by atoms with Gasteiger partial charge in [0, 0.05) is 33.2 Å². The number of para-hydroxylation sites is 1. The van der Waals surface area contributed by atoms with Crippen molar-refractivity contribution in [2.75, 3.05) is 37.6 Å². The average Bonchev–Trinajstić information content (AvgIpc) is 3.20. The molecule has 0 saturated carbocycles. The largest absolute Gasteiger partial charge is 0.302 e. The number of amides is 1. The average molecular weight is 428 g/mol. The van der Waals surface area contributed by atoms with Crippen molar-refractivity contribution in [3.05, 3.63) is 45.5 Å². The van der Waals surface area contributed by atoms with E-state index in [9.17, 15) is 9.70 Å². The number of fused-ring (bicyclic) bond motifs is 2. The van der Waals surface area contributed by atoms with Crippen LogP contribution in [-0.2, 0) is 11.3 Å². The second-order valence-corrected chi connectivity index (χ2v) is 8.89. The zero-order valence-corrected chi connectivity index (χ0v) is 18.7. The second kappa shape index (κ2) is 9.37. The van der Waals surface area contributed by atoms with E-state index in [0.717, 1.165) is 55.0 Å². The van der Waals surface area contributed by atoms with Crippen molar-refractivity contribution >= 4 is 34.3 Å². The van der Waals surface area contributed by atoms with E-state index in [1.165, 1.54) is 17.8 Å². The highest BCUT2D eigenvalue weighted by atomic mass is 32.1. The quantitative estimate of drug-likeness (QED) is 0.636. The van der Waals surface area contributed by atoms with Crippen LogP contribution < -0.4 is 4.90 Å². The maximum absolute atomic E-state index is 13.7. The first-order valence-electron chi connectivity index (χ1n) is 11.0. The highest BCUT2D eigenvalue weighted by Crippen LogP contribution is 2.42. The Bertz CT molecular complexity index is 908. The van der Waals surface area contributed by atoms with Crippen molar-refractivity contribution in [3.8, 4) is 0 Å². The summed E-state index contributed by atoms with van der Waals surface area (Å²) in [6.45, 7) is 9.07. The van der Waals surface area contributed by atoms with E-state index in [4.69, 9.17) is 0 Å². The van der Waals surface area contributed by atoms with Gasteiger partial charge in [-0.25, -0.2) is 0 Å². The fourth-order valence-corrected chi connectivity index (χ4v) is 5.43. The number of likely N-dealkylation sites (N-methyl/N-ethyl adjacent to an activating group) is 1. The summed E-state index contributed by atoms with van der Waals surface area (Å²) in [5, 5.41) is 3.77. The van der Waals surface area contributed by atoms with Crippen LogP contribution >= 0.6 is 11.3 Å². The van der Waals surface area contributed by atoms with Gasteiger partial charge >= 0.3 is 0 Å². The summed E-state index contributed by atoms with van der Waals surface area (Å²) >= 11 is 1.47. The molecule has 4 rings (SSSR count). The lowest BCUT2D eigenvalue weighted by Gasteiger charge is -2.38. The third kappa shape index (κ3) is 4.19. The minimum absolute atomic E-state index is 0.0452. The van der Waals surface area contributed by atoms with Crippen LogP contribution in [0, 0.1) is 4.91 Å². The topological polar surface area (TPSA) is 46.9 Å². The Morgan fingerprint density at radius 1 is 1.17 bits per heavy atom. The number of piperidine rings is 1. The van der Waals surface area contributed by atoms with Crippen LogP contribution in [0.2, 0.25) is 0 Å². The highest BCUT2D eigenvalue weighted by molar-refractivity contribution is 7.08. The number of rotatable bonds is 6. The maximum Gasteiger partial charge on any atom is 0.290 e. The zero-order chi connectivity index (χ0) is 21.1. The smallest absolute Gasteiger partial charge is 0.290 e. The molecule has 1 saturated heterocycles. The SMILES string of the molecule is CCN(CC)CC1CCCCN1CC(=O)N1c2ccccc2C[N+](=O)c2cscc21. The standard InChI is InChI=1S/C23H31N4O2S/c1-3-24(4-2)14-19-10-7-8-12-25(19)15-23(28)27-20-11-6-5-9-18(20)13-26(29)21-16-30-17-22(21)27/h5-6,9,11,16-17,19H,3-4,7-8,10,12-15H2,1-2H3/q+1. The van der Waals surface area contributed by atoms with Gasteiger partial charge in [0.25, 0.3) is 5.69 Å². The lowest BCUT2D eigenvalue weighted by Crippen LogP contribution is -2.50. The van der Waals surface area contributed by atoms with Gasteiger partial charge in [0.15, 0.2) is 0 Å². The Balaban J connectivity index is 1.61. The molecule has 0 aliphatic carbocycles. The molecular weight excluding hydrogens is 396 g/mol. The van der Waals surface area contributed by atoms with E-state index in [1.54, 1.807) is 4.90 Å². The lowest BCUT2D eigenvalue weighted by molar-refractivity contribution is -0.478. The third-order valence-electron chi connectivity index (χ3n) is 6.38. The Labute approximate surface area is 182 Å². The summed E-state index contributed by atoms with van der Waals surface area (Å²) in [6, 6.07) is 8.17. The molecule has 30 heavy (non-hydrogen) atoms. The van der Waals surface area contributed by atoms with E-state index in [0.29, 0.717) is 24.0 Å². The zero-order valence-electron chi connectivity index (χ0n) is 17.9. The van der Waals surface area contributed by atoms with Crippen LogP contribution in [0.15, 0.2) is 35.0 Å². The van der Waals surface area contributed by atoms with Crippen LogP contribution in [0.25, 0.3) is 0 Å². The number of nitrogens with zero attached hydrogens (tertiary/aromatic N) is 4. The van der Waals surface area contributed by atoms with Gasteiger partial charge in [0.2, 0.25) is 12.5 Å². The molecule has 1 aromatic heterocycles. The first-order chi connectivity index (χ1) is 14.6. The van der Waals surface area contributed by atoms with Crippen molar-refractivity contribution in [1.29, 1.82) is 0 Å². The fourth-order valence-electron chi connectivity index (χ4n) is 4.64. The number of carbonyl (C=O) groups is 1. The summed E-state index contributed by atoms with van der Waals surface area (Å²) in [5.41, 5.74) is 3.02. The Hall–Kier alpha value is -2.09. The minimum atomic E-state index is 0.0452. The minimum Gasteiger partial charge on any atom is -0.302 e. The van der Waals surface area contributed by atoms with E-state index < -0.39 is 0 Å². The molecule has 0 spiro atoms. The number of anilines is 2. The molecule has 7 heteroatoms. The molecule has 3 heterocycles. The van der Waals surface area contributed by atoms with Crippen molar-refractivity contribution in [1.82, 2.24) is 9.80 Å². The van der Waals surface area contributed by atoms with Crippen molar-refractivity contribution in [3.63, 3.8) is 0 Å². The number of nitroso groups, excluding NO2 is 1. The summed E-state index contributed by atoms with van der Waals surface area (Å²) in [4.78, 5) is 33.0. The molecule has 1 amide bonds. The number of benzene rings is 1. The summed E-state index contributed by atoms with van der Waals surface area (Å²) in [7, 11) is 0. The molecule has 1 aromatic carbocycles. The van der Waals surface area contributed by atoms with Gasteiger partial charge in [-0.3, -0.25) is 14.6 Å². The van der Waals surface area contributed by atoms with Gasteiger partial charge < -0.3 is 4.90 Å². The Kier molecular flexibility index (Phi) is 6.61.